The van der Waals surface area contributed by atoms with Gasteiger partial charge in [-0.15, -0.1) is 0 Å². The number of amides is 2. The van der Waals surface area contributed by atoms with Crippen molar-refractivity contribution in [3.63, 3.8) is 0 Å². The van der Waals surface area contributed by atoms with E-state index in [2.05, 4.69) is 29.5 Å². The van der Waals surface area contributed by atoms with Crippen LogP contribution in [0, 0.1) is 0 Å². The maximum atomic E-state index is 12.4. The van der Waals surface area contributed by atoms with Gasteiger partial charge in [-0.25, -0.2) is 9.48 Å². The first-order chi connectivity index (χ1) is 12.2. The van der Waals surface area contributed by atoms with Gasteiger partial charge < -0.3 is 15.0 Å². The zero-order valence-electron chi connectivity index (χ0n) is 14.7. The van der Waals surface area contributed by atoms with Crippen LogP contribution in [-0.4, -0.2) is 40.4 Å². The van der Waals surface area contributed by atoms with Crippen molar-refractivity contribution in [2.75, 3.05) is 13.7 Å². The number of carbonyl (C=O) groups is 1. The molecule has 0 fully saturated rings. The average Bonchev–Trinajstić information content (AvgIpc) is 3.29. The van der Waals surface area contributed by atoms with E-state index < -0.39 is 0 Å². The van der Waals surface area contributed by atoms with Crippen LogP contribution in [0.1, 0.15) is 25.3 Å². The Labute approximate surface area is 148 Å². The molecule has 6 heteroatoms. The summed E-state index contributed by atoms with van der Waals surface area (Å²) < 4.78 is 7.02. The first-order valence-electron chi connectivity index (χ1n) is 8.60. The number of nitrogens with zero attached hydrogens (tertiary/aromatic N) is 3. The summed E-state index contributed by atoms with van der Waals surface area (Å²) in [6.07, 6.45) is 9.92. The molecule has 1 aliphatic heterocycles. The van der Waals surface area contributed by atoms with E-state index in [9.17, 15) is 4.79 Å². The van der Waals surface area contributed by atoms with E-state index >= 15 is 0 Å². The molecule has 25 heavy (non-hydrogen) atoms. The minimum absolute atomic E-state index is 0.0300. The number of ether oxygens (including phenoxy) is 1. The molecule has 1 aromatic heterocycles. The second-order valence-electron chi connectivity index (χ2n) is 6.09. The topological polar surface area (TPSA) is 59.4 Å². The van der Waals surface area contributed by atoms with Gasteiger partial charge in [0.1, 0.15) is 5.75 Å². The zero-order valence-corrected chi connectivity index (χ0v) is 14.7. The Hall–Kier alpha value is -2.76. The van der Waals surface area contributed by atoms with Gasteiger partial charge in [0.05, 0.1) is 25.0 Å². The summed E-state index contributed by atoms with van der Waals surface area (Å²) in [6, 6.07) is 7.88. The van der Waals surface area contributed by atoms with Crippen LogP contribution in [0.25, 0.3) is 5.69 Å². The quantitative estimate of drug-likeness (QED) is 0.822. The molecular weight excluding hydrogens is 316 g/mol. The number of rotatable bonds is 6. The SMILES string of the molecule is CCC[C@@H]1C=CCN1C(=O)NCc1cnn(-c2cccc(OC)c2)c1. The first-order valence-corrected chi connectivity index (χ1v) is 8.60. The predicted octanol–water partition coefficient (Wildman–Crippen LogP) is 3.13. The van der Waals surface area contributed by atoms with Crippen molar-refractivity contribution in [2.24, 2.45) is 0 Å². The predicted molar refractivity (Wildman–Crippen MR) is 96.9 cm³/mol. The molecule has 1 N–H and O–H groups in total. The fourth-order valence-corrected chi connectivity index (χ4v) is 2.98. The summed E-state index contributed by atoms with van der Waals surface area (Å²) in [5.74, 6) is 0.784. The van der Waals surface area contributed by atoms with Gasteiger partial charge in [0.15, 0.2) is 0 Å². The lowest BCUT2D eigenvalue weighted by Crippen LogP contribution is -2.42. The lowest BCUT2D eigenvalue weighted by atomic mass is 10.2. The van der Waals surface area contributed by atoms with E-state index in [0.717, 1.165) is 29.8 Å². The number of urea groups is 1. The van der Waals surface area contributed by atoms with Crippen molar-refractivity contribution in [1.29, 1.82) is 0 Å². The molecule has 0 radical (unpaired) electrons. The molecule has 0 unspecified atom stereocenters. The Kier molecular flexibility index (Phi) is 5.38. The van der Waals surface area contributed by atoms with Crippen LogP contribution in [0.2, 0.25) is 0 Å². The van der Waals surface area contributed by atoms with Crippen LogP contribution in [0.3, 0.4) is 0 Å². The standard InChI is InChI=1S/C19H24N4O2/c1-3-6-16-8-5-10-22(16)19(24)20-12-15-13-21-23(14-15)17-7-4-9-18(11-17)25-2/h4-5,7-9,11,13-14,16H,3,6,10,12H2,1-2H3,(H,20,24)/t16-/m1/s1. The van der Waals surface area contributed by atoms with Crippen LogP contribution < -0.4 is 10.1 Å². The third-order valence-corrected chi connectivity index (χ3v) is 4.30. The fraction of sp³-hybridized carbons (Fsp3) is 0.368. The highest BCUT2D eigenvalue weighted by Crippen LogP contribution is 2.17. The van der Waals surface area contributed by atoms with Gasteiger partial charge in [-0.05, 0) is 18.6 Å². The van der Waals surface area contributed by atoms with Crippen molar-refractivity contribution in [3.05, 3.63) is 54.4 Å². The summed E-state index contributed by atoms with van der Waals surface area (Å²) >= 11 is 0. The van der Waals surface area contributed by atoms with E-state index in [1.165, 1.54) is 0 Å². The molecule has 6 nitrogen and oxygen atoms in total. The number of carbonyl (C=O) groups excluding carboxylic acids is 1. The van der Waals surface area contributed by atoms with Gasteiger partial charge in [0.2, 0.25) is 0 Å². The summed E-state index contributed by atoms with van der Waals surface area (Å²) in [5.41, 5.74) is 1.87. The van der Waals surface area contributed by atoms with Crippen LogP contribution >= 0.6 is 0 Å². The minimum Gasteiger partial charge on any atom is -0.497 e. The smallest absolute Gasteiger partial charge is 0.318 e. The maximum absolute atomic E-state index is 12.4. The van der Waals surface area contributed by atoms with Gasteiger partial charge in [-0.2, -0.15) is 5.10 Å². The van der Waals surface area contributed by atoms with E-state index in [4.69, 9.17) is 4.74 Å². The van der Waals surface area contributed by atoms with E-state index in [1.54, 1.807) is 18.0 Å². The van der Waals surface area contributed by atoms with Gasteiger partial charge >= 0.3 is 6.03 Å². The van der Waals surface area contributed by atoms with Gasteiger partial charge in [-0.1, -0.05) is 31.6 Å². The molecule has 0 saturated heterocycles. The molecule has 1 aliphatic rings. The van der Waals surface area contributed by atoms with E-state index in [0.29, 0.717) is 13.1 Å². The van der Waals surface area contributed by atoms with Crippen LogP contribution in [0.15, 0.2) is 48.8 Å². The third kappa shape index (κ3) is 4.02. The molecule has 0 spiro atoms. The molecule has 2 amide bonds. The Bertz CT molecular complexity index is 753. The highest BCUT2D eigenvalue weighted by atomic mass is 16.5. The first kappa shape index (κ1) is 17.1. The average molecular weight is 340 g/mol. The second kappa shape index (κ2) is 7.88. The molecular formula is C19H24N4O2. The summed E-state index contributed by atoms with van der Waals surface area (Å²) in [6.45, 7) is 3.27. The van der Waals surface area contributed by atoms with Gasteiger partial charge in [0, 0.05) is 30.9 Å². The Morgan fingerprint density at radius 3 is 3.12 bits per heavy atom. The number of nitrogens with one attached hydrogen (secondary N) is 1. The van der Waals surface area contributed by atoms with Crippen LogP contribution in [-0.2, 0) is 6.54 Å². The minimum atomic E-state index is -0.0300. The molecule has 1 atom stereocenters. The van der Waals surface area contributed by atoms with Crippen molar-refractivity contribution in [2.45, 2.75) is 32.4 Å². The highest BCUT2D eigenvalue weighted by molar-refractivity contribution is 5.75. The van der Waals surface area contributed by atoms with Crippen LogP contribution in [0.5, 0.6) is 5.75 Å². The molecule has 2 heterocycles. The molecule has 2 aromatic rings. The van der Waals surface area contributed by atoms with Crippen molar-refractivity contribution >= 4 is 6.03 Å². The van der Waals surface area contributed by atoms with E-state index in [1.807, 2.05) is 35.4 Å². The van der Waals surface area contributed by atoms with Crippen molar-refractivity contribution < 1.29 is 9.53 Å². The molecule has 3 rings (SSSR count). The second-order valence-corrected chi connectivity index (χ2v) is 6.09. The third-order valence-electron chi connectivity index (χ3n) is 4.30. The lowest BCUT2D eigenvalue weighted by Gasteiger charge is -2.24. The summed E-state index contributed by atoms with van der Waals surface area (Å²) in [5, 5.41) is 7.35. The molecule has 0 bridgehead atoms. The molecule has 1 aromatic carbocycles. The monoisotopic (exact) mass is 340 g/mol. The van der Waals surface area contributed by atoms with Crippen molar-refractivity contribution in [1.82, 2.24) is 20.0 Å². The largest absolute Gasteiger partial charge is 0.497 e. The van der Waals surface area contributed by atoms with Crippen molar-refractivity contribution in [3.8, 4) is 11.4 Å². The van der Waals surface area contributed by atoms with E-state index in [-0.39, 0.29) is 12.1 Å². The van der Waals surface area contributed by atoms with Gasteiger partial charge in [0.25, 0.3) is 0 Å². The normalized spacial score (nSPS) is 16.2. The maximum Gasteiger partial charge on any atom is 0.318 e. The number of methoxy groups -OCH3 is 1. The Morgan fingerprint density at radius 1 is 1.44 bits per heavy atom. The zero-order chi connectivity index (χ0) is 17.6. The summed E-state index contributed by atoms with van der Waals surface area (Å²) in [7, 11) is 1.64. The number of hydrogen-bond acceptors (Lipinski definition) is 3. The highest BCUT2D eigenvalue weighted by Gasteiger charge is 2.23. The lowest BCUT2D eigenvalue weighted by molar-refractivity contribution is 0.194. The Morgan fingerprint density at radius 2 is 2.32 bits per heavy atom. The van der Waals surface area contributed by atoms with Gasteiger partial charge in [-0.3, -0.25) is 0 Å². The summed E-state index contributed by atoms with van der Waals surface area (Å²) in [4.78, 5) is 14.3. The number of aromatic nitrogens is 2. The molecule has 0 aliphatic carbocycles. The number of hydrogen-bond donors (Lipinski definition) is 1. The number of benzene rings is 1. The fourth-order valence-electron chi connectivity index (χ4n) is 2.98. The van der Waals surface area contributed by atoms with Crippen LogP contribution in [0.4, 0.5) is 4.79 Å². The Balaban J connectivity index is 1.59. The molecule has 132 valence electrons. The molecule has 0 saturated carbocycles.